The van der Waals surface area contributed by atoms with Crippen LogP contribution in [-0.2, 0) is 32.0 Å². The molecular weight excluding hydrogens is 380 g/mol. The molecule has 0 saturated carbocycles. The maximum Gasteiger partial charge on any atom is 0.329 e. The average Bonchev–Trinajstić information content (AvgIpc) is 2.72. The van der Waals surface area contributed by atoms with E-state index in [1.165, 1.54) is 12.5 Å². The molecule has 0 aliphatic rings. The number of rotatable bonds is 9. The van der Waals surface area contributed by atoms with Crippen LogP contribution in [0.2, 0.25) is 0 Å². The Morgan fingerprint density at radius 3 is 2.10 bits per heavy atom. The lowest BCUT2D eigenvalue weighted by Gasteiger charge is -2.23. The lowest BCUT2D eigenvalue weighted by molar-refractivity contribution is -0.157. The molecule has 0 aliphatic heterocycles. The van der Waals surface area contributed by atoms with Gasteiger partial charge in [0.2, 0.25) is 5.91 Å². The molecule has 2 amide bonds. The van der Waals surface area contributed by atoms with Crippen LogP contribution in [0.1, 0.15) is 38.8 Å². The van der Waals surface area contributed by atoms with E-state index in [0.717, 1.165) is 12.0 Å². The Hall–Kier alpha value is -3.15. The van der Waals surface area contributed by atoms with E-state index in [0.29, 0.717) is 5.69 Å². The summed E-state index contributed by atoms with van der Waals surface area (Å²) in [5.41, 5.74) is 2.66. The minimum atomic E-state index is -0.990. The van der Waals surface area contributed by atoms with Crippen LogP contribution < -0.4 is 10.6 Å². The number of esters is 1. The molecule has 0 saturated heterocycles. The van der Waals surface area contributed by atoms with E-state index in [1.807, 2.05) is 68.4 Å². The van der Waals surface area contributed by atoms with Gasteiger partial charge in [-0.25, -0.2) is 4.79 Å². The average molecular weight is 411 g/mol. The zero-order chi connectivity index (χ0) is 22.1. The monoisotopic (exact) mass is 410 g/mol. The van der Waals surface area contributed by atoms with Crippen LogP contribution >= 0.6 is 0 Å². The Morgan fingerprint density at radius 1 is 0.900 bits per heavy atom. The van der Waals surface area contributed by atoms with Crippen molar-refractivity contribution in [3.63, 3.8) is 0 Å². The summed E-state index contributed by atoms with van der Waals surface area (Å²) in [6.45, 7) is 7.19. The van der Waals surface area contributed by atoms with Crippen LogP contribution in [-0.4, -0.2) is 29.9 Å². The molecule has 160 valence electrons. The molecule has 0 aromatic heterocycles. The molecule has 6 nitrogen and oxygen atoms in total. The number of nitrogens with one attached hydrogen (secondary N) is 2. The van der Waals surface area contributed by atoms with Gasteiger partial charge in [0.25, 0.3) is 5.91 Å². The number of carbonyl (C=O) groups is 3. The van der Waals surface area contributed by atoms with Gasteiger partial charge in [0.1, 0.15) is 6.04 Å². The van der Waals surface area contributed by atoms with Crippen molar-refractivity contribution in [1.29, 1.82) is 0 Å². The van der Waals surface area contributed by atoms with Gasteiger partial charge in [0.05, 0.1) is 6.42 Å². The summed E-state index contributed by atoms with van der Waals surface area (Å²) in [6, 6.07) is 15.9. The fourth-order valence-electron chi connectivity index (χ4n) is 2.87. The second kappa shape index (κ2) is 11.1. The summed E-state index contributed by atoms with van der Waals surface area (Å²) in [5.74, 6) is -1.51. The van der Waals surface area contributed by atoms with Crippen molar-refractivity contribution < 1.29 is 19.1 Å². The second-order valence-corrected chi connectivity index (χ2v) is 7.57. The van der Waals surface area contributed by atoms with Crippen LogP contribution in [0.4, 0.5) is 5.69 Å². The van der Waals surface area contributed by atoms with Gasteiger partial charge in [-0.2, -0.15) is 0 Å². The van der Waals surface area contributed by atoms with Gasteiger partial charge < -0.3 is 15.4 Å². The van der Waals surface area contributed by atoms with Crippen LogP contribution in [0, 0.1) is 5.92 Å². The third-order valence-electron chi connectivity index (χ3n) is 4.74. The zero-order valence-corrected chi connectivity index (χ0v) is 18.0. The molecule has 0 aliphatic carbocycles. The van der Waals surface area contributed by atoms with Gasteiger partial charge in [-0.1, -0.05) is 63.2 Å². The van der Waals surface area contributed by atoms with Crippen LogP contribution in [0.3, 0.4) is 0 Å². The first-order chi connectivity index (χ1) is 14.3. The first-order valence-electron chi connectivity index (χ1n) is 10.2. The molecule has 2 aromatic rings. The molecule has 0 bridgehead atoms. The van der Waals surface area contributed by atoms with Crippen molar-refractivity contribution >= 4 is 23.5 Å². The Morgan fingerprint density at radius 2 is 1.53 bits per heavy atom. The summed E-state index contributed by atoms with van der Waals surface area (Å²) in [5, 5.41) is 5.46. The predicted octanol–water partition coefficient (Wildman–Crippen LogP) is 3.50. The second-order valence-electron chi connectivity index (χ2n) is 7.57. The molecule has 0 unspecified atom stereocenters. The fourth-order valence-corrected chi connectivity index (χ4v) is 2.87. The minimum Gasteiger partial charge on any atom is -0.451 e. The fraction of sp³-hybridized carbons (Fsp3) is 0.375. The van der Waals surface area contributed by atoms with Gasteiger partial charge >= 0.3 is 5.97 Å². The van der Waals surface area contributed by atoms with Crippen molar-refractivity contribution in [2.45, 2.75) is 52.7 Å². The number of anilines is 1. The molecule has 0 spiro atoms. The number of amides is 2. The van der Waals surface area contributed by atoms with Crippen molar-refractivity contribution in [1.82, 2.24) is 5.32 Å². The van der Waals surface area contributed by atoms with E-state index in [1.54, 1.807) is 0 Å². The van der Waals surface area contributed by atoms with Crippen molar-refractivity contribution in [2.24, 2.45) is 5.92 Å². The molecule has 30 heavy (non-hydrogen) atoms. The molecule has 2 rings (SSSR count). The number of ether oxygens (including phenoxy) is 1. The Kier molecular flexibility index (Phi) is 8.59. The predicted molar refractivity (Wildman–Crippen MR) is 117 cm³/mol. The number of hydrogen-bond donors (Lipinski definition) is 2. The lowest BCUT2D eigenvalue weighted by Crippen LogP contribution is -2.47. The van der Waals surface area contributed by atoms with Crippen molar-refractivity contribution in [2.75, 3.05) is 5.32 Å². The first-order valence-corrected chi connectivity index (χ1v) is 10.2. The summed E-state index contributed by atoms with van der Waals surface area (Å²) in [7, 11) is 0. The number of aryl methyl sites for hydroxylation is 1. The molecule has 0 heterocycles. The third kappa shape index (κ3) is 7.03. The molecule has 0 radical (unpaired) electrons. The molecule has 6 heteroatoms. The van der Waals surface area contributed by atoms with E-state index in [9.17, 15) is 14.4 Å². The molecule has 2 atom stereocenters. The summed E-state index contributed by atoms with van der Waals surface area (Å²) in [4.78, 5) is 37.3. The highest BCUT2D eigenvalue weighted by atomic mass is 16.5. The van der Waals surface area contributed by atoms with E-state index in [2.05, 4.69) is 17.6 Å². The van der Waals surface area contributed by atoms with E-state index in [4.69, 9.17) is 4.74 Å². The minimum absolute atomic E-state index is 0.168. The van der Waals surface area contributed by atoms with Gasteiger partial charge in [0.15, 0.2) is 6.10 Å². The first kappa shape index (κ1) is 23.1. The maximum atomic E-state index is 12.6. The standard InChI is InChI=1S/C24H30N2O4/c1-5-18-11-13-20(14-12-18)25-23(28)17(4)30-24(29)22(16(2)3)26-21(27)15-19-9-7-6-8-10-19/h6-14,16-17,22H,5,15H2,1-4H3,(H,25,28)(H,26,27)/t17-,22-/m0/s1. The zero-order valence-electron chi connectivity index (χ0n) is 18.0. The maximum absolute atomic E-state index is 12.6. The summed E-state index contributed by atoms with van der Waals surface area (Å²) in [6.07, 6.45) is 0.0892. The Balaban J connectivity index is 1.92. The van der Waals surface area contributed by atoms with Crippen molar-refractivity contribution in [3.8, 4) is 0 Å². The normalized spacial score (nSPS) is 12.7. The van der Waals surface area contributed by atoms with Gasteiger partial charge in [-0.3, -0.25) is 9.59 Å². The molecule has 0 fully saturated rings. The molecule has 2 aromatic carbocycles. The van der Waals surface area contributed by atoms with Gasteiger partial charge in [-0.15, -0.1) is 0 Å². The van der Waals surface area contributed by atoms with E-state index < -0.39 is 24.0 Å². The van der Waals surface area contributed by atoms with Gasteiger partial charge in [0, 0.05) is 5.69 Å². The quantitative estimate of drug-likeness (QED) is 0.620. The number of carbonyl (C=O) groups excluding carboxylic acids is 3. The smallest absolute Gasteiger partial charge is 0.329 e. The Bertz CT molecular complexity index is 847. The Labute approximate surface area is 178 Å². The highest BCUT2D eigenvalue weighted by Gasteiger charge is 2.29. The molecule has 2 N–H and O–H groups in total. The van der Waals surface area contributed by atoms with Crippen molar-refractivity contribution in [3.05, 3.63) is 65.7 Å². The van der Waals surface area contributed by atoms with E-state index in [-0.39, 0.29) is 18.2 Å². The summed E-state index contributed by atoms with van der Waals surface area (Å²) < 4.78 is 5.34. The highest BCUT2D eigenvalue weighted by molar-refractivity contribution is 5.95. The topological polar surface area (TPSA) is 84.5 Å². The largest absolute Gasteiger partial charge is 0.451 e. The van der Waals surface area contributed by atoms with E-state index >= 15 is 0 Å². The SMILES string of the molecule is CCc1ccc(NC(=O)[C@H](C)OC(=O)[C@@H](NC(=O)Cc2ccccc2)C(C)C)cc1. The van der Waals surface area contributed by atoms with Gasteiger partial charge in [-0.05, 0) is 42.5 Å². The summed E-state index contributed by atoms with van der Waals surface area (Å²) >= 11 is 0. The lowest BCUT2D eigenvalue weighted by atomic mass is 10.0. The van der Waals surface area contributed by atoms with Crippen LogP contribution in [0.25, 0.3) is 0 Å². The van der Waals surface area contributed by atoms with Crippen LogP contribution in [0.15, 0.2) is 54.6 Å². The third-order valence-corrected chi connectivity index (χ3v) is 4.74. The van der Waals surface area contributed by atoms with Crippen LogP contribution in [0.5, 0.6) is 0 Å². The highest BCUT2D eigenvalue weighted by Crippen LogP contribution is 2.12. The number of benzene rings is 2. The molecular formula is C24H30N2O4. The number of hydrogen-bond acceptors (Lipinski definition) is 4.